The van der Waals surface area contributed by atoms with Crippen molar-refractivity contribution in [1.29, 1.82) is 0 Å². The third-order valence-electron chi connectivity index (χ3n) is 23.5. The Hall–Kier alpha value is -13.1. The monoisotopic (exact) mass is 1900 g/mol. The van der Waals surface area contributed by atoms with Gasteiger partial charge in [-0.3, -0.25) is 76.7 Å². The molecule has 37 nitrogen and oxygen atoms in total. The molecule has 4 aromatic carbocycles. The van der Waals surface area contributed by atoms with Crippen LogP contribution in [-0.4, -0.2) is 236 Å². The first-order valence-electron chi connectivity index (χ1n) is 46.6. The lowest BCUT2D eigenvalue weighted by Crippen LogP contribution is -2.62. The molecular formula is C98H138N20O17S. The molecule has 0 saturated heterocycles. The second kappa shape index (κ2) is 52.1. The van der Waals surface area contributed by atoms with Gasteiger partial charge in [-0.25, -0.2) is 0 Å². The molecule has 21 N–H and O–H groups in total. The van der Waals surface area contributed by atoms with Crippen molar-refractivity contribution in [2.75, 3.05) is 31.7 Å². The molecule has 0 aliphatic heterocycles. The van der Waals surface area contributed by atoms with Gasteiger partial charge in [-0.2, -0.15) is 11.8 Å². The number of hydrogen-bond donors (Lipinski definition) is 21. The highest BCUT2D eigenvalue weighted by Crippen LogP contribution is 2.26. The summed E-state index contributed by atoms with van der Waals surface area (Å²) in [6, 6.07) is 11.1. The SMILES string of the molecule is CSCC[C@H](NC(=O)[C@H](Cc1c[nH]c2ccccc12)NC(=O)[C@@H](CC(C)C)NC(=O)[C@H](NC(=O)[C@H](C)NC(=O)[C@@H](CC(C)C)NC(=O)[C@H](C)NC(=O)CNC(=O)[C@@H](NC=O)C(C)C)C(C)C)C(=O)N[C@@H](Cc1c[nH]c2ccccc12)C(=O)N[C@@H](C(=O)N[C@H](C(=O)N[C@@H](Cc1c[nH]c2ccccc12)C(=O)N[C@H](CC(C)C)C(=O)N[C@@H](Cc1c[nH]c2ccccc12)C(=O)NCCO)C(C)C)C(C)C. The Balaban J connectivity index is 1.000. The summed E-state index contributed by atoms with van der Waals surface area (Å²) >= 11 is 1.36. The van der Waals surface area contributed by atoms with Gasteiger partial charge < -0.3 is 110 Å². The lowest BCUT2D eigenvalue weighted by molar-refractivity contribution is -0.137. The molecule has 4 aromatic heterocycles. The maximum atomic E-state index is 15.5. The number of fused-ring (bicyclic) bond motifs is 4. The van der Waals surface area contributed by atoms with Crippen molar-refractivity contribution in [2.45, 2.75) is 247 Å². The van der Waals surface area contributed by atoms with E-state index in [0.717, 1.165) is 27.4 Å². The number of rotatable bonds is 54. The van der Waals surface area contributed by atoms with E-state index in [2.05, 4.69) is 105 Å². The standard InChI is InChI=1S/C98H138N20O17S/c1-51(2)38-73(109-85(122)58(15)106-80(121)49-104-95(132)81(54(7)8)105-50-120)89(126)107-59(16)86(123)116-82(55(9)10)96(133)114-75(40-53(5)6)91(128)113-77(42-61-46-101-69-31-23-19-27-65(61)69)92(129)108-72(34-37-136-17)88(125)112-79(44-63-48-103-71-33-25-21-29-67(63)71)94(131)117-84(57(13)14)98(135)118-83(56(11)12)97(134)115-78(43-62-47-102-70-32-24-20-28-66(62)70)93(130)110-74(39-52(3)4)90(127)111-76(87(124)99-35-36-119)41-60-45-100-68-30-22-18-26-64(60)68/h18-33,45-48,50-59,72-79,81-84,100-103,119H,34-44,49H2,1-17H3,(H,99,124)(H,104,132)(H,105,120)(H,106,121)(H,107,126)(H,108,129)(H,109,122)(H,110,130)(H,111,127)(H,112,125)(H,113,128)(H,114,133)(H,115,134)(H,116,123)(H,117,131)(H,118,135)/t58-,59-,72-,73+,74+,75+,76-,77-,78-,79-,81-,82+,83-,84+/m0/s1. The predicted molar refractivity (Wildman–Crippen MR) is 521 cm³/mol. The fraction of sp³-hybridized carbons (Fsp3) is 0.510. The van der Waals surface area contributed by atoms with Crippen molar-refractivity contribution in [3.8, 4) is 0 Å². The lowest BCUT2D eigenvalue weighted by atomic mass is 9.97. The van der Waals surface area contributed by atoms with Crippen LogP contribution in [0.4, 0.5) is 0 Å². The van der Waals surface area contributed by atoms with Gasteiger partial charge in [0.15, 0.2) is 0 Å². The van der Waals surface area contributed by atoms with E-state index in [0.29, 0.717) is 50.7 Å². The summed E-state index contributed by atoms with van der Waals surface area (Å²) in [6.45, 7) is 26.2. The Morgan fingerprint density at radius 3 is 0.956 bits per heavy atom. The fourth-order valence-electron chi connectivity index (χ4n) is 16.1. The summed E-state index contributed by atoms with van der Waals surface area (Å²) in [5.41, 5.74) is 5.50. The maximum Gasteiger partial charge on any atom is 0.243 e. The van der Waals surface area contributed by atoms with E-state index in [4.69, 9.17) is 0 Å². The normalized spacial score (nSPS) is 14.7. The quantitative estimate of drug-likeness (QED) is 0.0239. The van der Waals surface area contributed by atoms with Crippen LogP contribution < -0.4 is 85.1 Å². The van der Waals surface area contributed by atoms with Gasteiger partial charge in [0.1, 0.15) is 84.6 Å². The number of aromatic amines is 4. The van der Waals surface area contributed by atoms with Crippen LogP contribution in [0.2, 0.25) is 0 Å². The minimum atomic E-state index is -1.48. The van der Waals surface area contributed by atoms with Gasteiger partial charge in [0.05, 0.1) is 13.2 Å². The number of nitrogens with one attached hydrogen (secondary N) is 20. The summed E-state index contributed by atoms with van der Waals surface area (Å²) < 4.78 is 0. The topological polar surface area (TPSA) is 549 Å². The maximum absolute atomic E-state index is 15.5. The molecule has 8 rings (SSSR count). The molecule has 0 bridgehead atoms. The summed E-state index contributed by atoms with van der Waals surface area (Å²) in [5.74, 6) is -14.0. The van der Waals surface area contributed by atoms with Crippen LogP contribution in [-0.2, 0) is 102 Å². The molecule has 136 heavy (non-hydrogen) atoms. The van der Waals surface area contributed by atoms with Crippen LogP contribution in [0.25, 0.3) is 43.6 Å². The average molecular weight is 1900 g/mol. The average Bonchev–Trinajstić information content (AvgIpc) is 1.60. The van der Waals surface area contributed by atoms with Gasteiger partial charge in [-0.1, -0.05) is 170 Å². The molecule has 14 atom stereocenters. The van der Waals surface area contributed by atoms with E-state index >= 15 is 33.6 Å². The van der Waals surface area contributed by atoms with E-state index in [9.17, 15) is 48.3 Å². The Morgan fingerprint density at radius 1 is 0.316 bits per heavy atom. The number of thioether (sulfide) groups is 1. The van der Waals surface area contributed by atoms with Gasteiger partial charge in [-0.15, -0.1) is 0 Å². The molecule has 8 aromatic rings. The van der Waals surface area contributed by atoms with Gasteiger partial charge in [0.25, 0.3) is 0 Å². The minimum absolute atomic E-state index is 0.0116. The Morgan fingerprint density at radius 2 is 0.596 bits per heavy atom. The summed E-state index contributed by atoms with van der Waals surface area (Å²) in [6.07, 6.45) is 8.81. The number of carbonyl (C=O) groups is 16. The van der Waals surface area contributed by atoms with Crippen LogP contribution in [0, 0.1) is 41.4 Å². The van der Waals surface area contributed by atoms with E-state index in [-0.39, 0.29) is 88.2 Å². The first-order valence-corrected chi connectivity index (χ1v) is 48.0. The van der Waals surface area contributed by atoms with E-state index in [1.165, 1.54) is 25.6 Å². The largest absolute Gasteiger partial charge is 0.395 e. The number of aliphatic hydroxyl groups excluding tert-OH is 1. The molecule has 0 fully saturated rings. The second-order valence-corrected chi connectivity index (χ2v) is 38.3. The first-order chi connectivity index (χ1) is 64.6. The number of hydrogen-bond acceptors (Lipinski definition) is 18. The summed E-state index contributed by atoms with van der Waals surface area (Å²) in [5, 5.41) is 56.5. The third kappa shape index (κ3) is 31.5. The summed E-state index contributed by atoms with van der Waals surface area (Å²) in [4.78, 5) is 241. The summed E-state index contributed by atoms with van der Waals surface area (Å²) in [7, 11) is 0. The number of benzene rings is 4. The Bertz CT molecular complexity index is 5460. The highest BCUT2D eigenvalue weighted by Gasteiger charge is 2.41. The van der Waals surface area contributed by atoms with Crippen LogP contribution in [0.3, 0.4) is 0 Å². The zero-order chi connectivity index (χ0) is 99.9. The Kier molecular flexibility index (Phi) is 41.4. The van der Waals surface area contributed by atoms with Crippen molar-refractivity contribution in [3.05, 3.63) is 144 Å². The number of carbonyl (C=O) groups excluding carboxylic acids is 16. The molecule has 4 heterocycles. The minimum Gasteiger partial charge on any atom is -0.395 e. The molecule has 38 heteroatoms. The molecule has 0 aliphatic carbocycles. The van der Waals surface area contributed by atoms with Crippen molar-refractivity contribution in [3.63, 3.8) is 0 Å². The van der Waals surface area contributed by atoms with Gasteiger partial charge in [-0.05, 0) is 139 Å². The van der Waals surface area contributed by atoms with Crippen LogP contribution in [0.1, 0.15) is 159 Å². The smallest absolute Gasteiger partial charge is 0.243 e. The van der Waals surface area contributed by atoms with Crippen molar-refractivity contribution in [1.82, 2.24) is 105 Å². The third-order valence-corrected chi connectivity index (χ3v) is 24.1. The van der Waals surface area contributed by atoms with Crippen molar-refractivity contribution in [2.24, 2.45) is 41.4 Å². The van der Waals surface area contributed by atoms with E-state index in [1.807, 2.05) is 113 Å². The molecule has 738 valence electrons. The zero-order valence-corrected chi connectivity index (χ0v) is 81.4. The number of aliphatic hydroxyl groups is 1. The van der Waals surface area contributed by atoms with Crippen LogP contribution in [0.15, 0.2) is 122 Å². The zero-order valence-electron chi connectivity index (χ0n) is 80.6. The molecule has 0 unspecified atom stereocenters. The van der Waals surface area contributed by atoms with Gasteiger partial charge >= 0.3 is 0 Å². The highest BCUT2D eigenvalue weighted by molar-refractivity contribution is 7.98. The molecule has 0 spiro atoms. The van der Waals surface area contributed by atoms with Gasteiger partial charge in [0.2, 0.25) is 95.0 Å². The molecule has 16 amide bonds. The number of aromatic nitrogens is 4. The first kappa shape index (κ1) is 108. The number of H-pyrrole nitrogens is 4. The number of para-hydroxylation sites is 4. The van der Waals surface area contributed by atoms with E-state index in [1.54, 1.807) is 112 Å². The molecule has 0 aliphatic rings. The van der Waals surface area contributed by atoms with Crippen LogP contribution >= 0.6 is 11.8 Å². The predicted octanol–water partition coefficient (Wildman–Crippen LogP) is 4.08. The lowest BCUT2D eigenvalue weighted by Gasteiger charge is -2.30. The molecule has 0 radical (unpaired) electrons. The Labute approximate surface area is 797 Å². The van der Waals surface area contributed by atoms with Crippen LogP contribution in [0.5, 0.6) is 0 Å². The second-order valence-electron chi connectivity index (χ2n) is 37.4. The fourth-order valence-corrected chi connectivity index (χ4v) is 16.5. The van der Waals surface area contributed by atoms with Crippen molar-refractivity contribution >= 4 is 150 Å². The van der Waals surface area contributed by atoms with Crippen molar-refractivity contribution < 1.29 is 81.8 Å². The van der Waals surface area contributed by atoms with E-state index < -0.39 is 197 Å². The molecular weight excluding hydrogens is 1760 g/mol. The highest BCUT2D eigenvalue weighted by atomic mass is 32.2. The number of amides is 16. The van der Waals surface area contributed by atoms with Gasteiger partial charge in [0, 0.05) is 101 Å². The molecule has 0 saturated carbocycles.